The van der Waals surface area contributed by atoms with E-state index in [2.05, 4.69) is 55.6 Å². The van der Waals surface area contributed by atoms with Crippen molar-refractivity contribution in [2.75, 3.05) is 13.2 Å². The van der Waals surface area contributed by atoms with Crippen LogP contribution in [-0.4, -0.2) is 47.4 Å². The molecule has 0 aromatic heterocycles. The molecule has 436 valence electrons. The minimum Gasteiger partial charge on any atom is -0.466 e. The number of hydrogen-bond acceptors (Lipinski definition) is 5. The fraction of sp³-hybridized carbons (Fsp3) is 0.882. The Morgan fingerprint density at radius 2 is 0.689 bits per heavy atom. The topological polar surface area (TPSA) is 95.9 Å². The number of carbonyl (C=O) groups is 2. The molecule has 0 aromatic carbocycles. The van der Waals surface area contributed by atoms with Gasteiger partial charge in [-0.15, -0.1) is 0 Å². The Morgan fingerprint density at radius 1 is 0.378 bits per heavy atom. The molecular formula is C68H129NO5. The standard InChI is InChI=1S/C68H129NO5/c1-3-5-7-9-11-13-15-17-19-20-21-24-27-30-33-36-40-44-48-52-56-60-66(71)65(64-70)69-67(72)61-57-53-49-45-41-37-34-31-28-25-22-23-26-29-32-35-39-43-47-51-55-59-63-74-68(73)62-58-54-50-46-42-38-18-16-14-12-10-8-6-4-2/h10,12,16,18,25,28,65-66,70-71H,3-9,11,13-15,17,19-24,26-27,29-64H2,1-2H3,(H,69,72)/b12-10-,18-16-,28-25-. The molecule has 0 radical (unpaired) electrons. The van der Waals surface area contributed by atoms with Crippen LogP contribution >= 0.6 is 0 Å². The first kappa shape index (κ1) is 72.1. The molecule has 0 aromatic rings. The highest BCUT2D eigenvalue weighted by molar-refractivity contribution is 5.76. The van der Waals surface area contributed by atoms with E-state index in [-0.39, 0.29) is 18.5 Å². The maximum Gasteiger partial charge on any atom is 0.305 e. The summed E-state index contributed by atoms with van der Waals surface area (Å²) in [5.41, 5.74) is 0. The molecule has 6 nitrogen and oxygen atoms in total. The molecule has 1 amide bonds. The van der Waals surface area contributed by atoms with E-state index in [9.17, 15) is 19.8 Å². The zero-order valence-electron chi connectivity index (χ0n) is 49.8. The molecule has 0 spiro atoms. The van der Waals surface area contributed by atoms with E-state index in [1.165, 1.54) is 276 Å². The Morgan fingerprint density at radius 3 is 1.08 bits per heavy atom. The van der Waals surface area contributed by atoms with Gasteiger partial charge in [0.05, 0.1) is 25.4 Å². The molecule has 74 heavy (non-hydrogen) atoms. The minimum atomic E-state index is -0.670. The number of rotatable bonds is 62. The molecule has 0 saturated carbocycles. The van der Waals surface area contributed by atoms with Crippen LogP contribution in [0.2, 0.25) is 0 Å². The lowest BCUT2D eigenvalue weighted by Crippen LogP contribution is -2.45. The highest BCUT2D eigenvalue weighted by Gasteiger charge is 2.20. The molecular weight excluding hydrogens is 911 g/mol. The molecule has 0 saturated heterocycles. The van der Waals surface area contributed by atoms with Gasteiger partial charge in [-0.3, -0.25) is 9.59 Å². The van der Waals surface area contributed by atoms with Gasteiger partial charge in [-0.05, 0) is 77.0 Å². The van der Waals surface area contributed by atoms with Gasteiger partial charge in [-0.25, -0.2) is 0 Å². The number of aliphatic hydroxyl groups excluding tert-OH is 2. The van der Waals surface area contributed by atoms with Crippen LogP contribution in [0.25, 0.3) is 0 Å². The molecule has 3 N–H and O–H groups in total. The maximum absolute atomic E-state index is 12.5. The van der Waals surface area contributed by atoms with Crippen molar-refractivity contribution in [1.29, 1.82) is 0 Å². The van der Waals surface area contributed by atoms with E-state index in [0.29, 0.717) is 25.9 Å². The van der Waals surface area contributed by atoms with Crippen LogP contribution in [0, 0.1) is 0 Å². The van der Waals surface area contributed by atoms with Gasteiger partial charge in [-0.1, -0.05) is 307 Å². The van der Waals surface area contributed by atoms with Crippen LogP contribution in [0.5, 0.6) is 0 Å². The fourth-order valence-corrected chi connectivity index (χ4v) is 10.3. The van der Waals surface area contributed by atoms with E-state index in [4.69, 9.17) is 4.74 Å². The van der Waals surface area contributed by atoms with Crippen molar-refractivity contribution in [3.05, 3.63) is 36.5 Å². The summed E-state index contributed by atoms with van der Waals surface area (Å²) in [5.74, 6) is -0.0432. The average molecular weight is 1040 g/mol. The Kier molecular flexibility index (Phi) is 62.0. The van der Waals surface area contributed by atoms with Gasteiger partial charge in [0.25, 0.3) is 0 Å². The van der Waals surface area contributed by atoms with Crippen LogP contribution in [0.1, 0.15) is 361 Å². The summed E-state index contributed by atoms with van der Waals surface area (Å²) in [7, 11) is 0. The van der Waals surface area contributed by atoms with Crippen LogP contribution in [0.3, 0.4) is 0 Å². The Labute approximate surface area is 462 Å². The van der Waals surface area contributed by atoms with Gasteiger partial charge in [0, 0.05) is 12.8 Å². The summed E-state index contributed by atoms with van der Waals surface area (Å²) in [5, 5.41) is 23.4. The molecule has 0 aliphatic carbocycles. The first-order valence-corrected chi connectivity index (χ1v) is 33.2. The smallest absolute Gasteiger partial charge is 0.305 e. The Bertz CT molecular complexity index is 1200. The van der Waals surface area contributed by atoms with E-state index in [0.717, 1.165) is 51.4 Å². The van der Waals surface area contributed by atoms with E-state index in [1.54, 1.807) is 0 Å². The zero-order chi connectivity index (χ0) is 53.6. The number of unbranched alkanes of at least 4 members (excludes halogenated alkanes) is 45. The van der Waals surface area contributed by atoms with Gasteiger partial charge >= 0.3 is 5.97 Å². The summed E-state index contributed by atoms with van der Waals surface area (Å²) >= 11 is 0. The third-order valence-electron chi connectivity index (χ3n) is 15.4. The quantitative estimate of drug-likeness (QED) is 0.0320. The van der Waals surface area contributed by atoms with Gasteiger partial charge in [-0.2, -0.15) is 0 Å². The molecule has 2 unspecified atom stereocenters. The van der Waals surface area contributed by atoms with Crippen molar-refractivity contribution < 1.29 is 24.5 Å². The second kappa shape index (κ2) is 63.6. The van der Waals surface area contributed by atoms with Crippen LogP contribution < -0.4 is 5.32 Å². The maximum atomic E-state index is 12.5. The van der Waals surface area contributed by atoms with Gasteiger partial charge in [0.1, 0.15) is 0 Å². The summed E-state index contributed by atoms with van der Waals surface area (Å²) in [6, 6.07) is -0.548. The summed E-state index contributed by atoms with van der Waals surface area (Å²) < 4.78 is 5.47. The van der Waals surface area contributed by atoms with Crippen LogP contribution in [0.15, 0.2) is 36.5 Å². The van der Waals surface area contributed by atoms with Crippen molar-refractivity contribution in [2.24, 2.45) is 0 Å². The molecule has 0 heterocycles. The van der Waals surface area contributed by atoms with Gasteiger partial charge in [0.15, 0.2) is 0 Å². The minimum absolute atomic E-state index is 0.00428. The number of aliphatic hydroxyl groups is 2. The lowest BCUT2D eigenvalue weighted by Gasteiger charge is -2.22. The molecule has 0 bridgehead atoms. The van der Waals surface area contributed by atoms with Gasteiger partial charge < -0.3 is 20.3 Å². The molecule has 0 aliphatic rings. The number of ether oxygens (including phenoxy) is 1. The monoisotopic (exact) mass is 1040 g/mol. The zero-order valence-corrected chi connectivity index (χ0v) is 49.8. The summed E-state index contributed by atoms with van der Waals surface area (Å²) in [6.07, 6.45) is 80.2. The van der Waals surface area contributed by atoms with Crippen molar-refractivity contribution in [2.45, 2.75) is 373 Å². The molecule has 2 atom stereocenters. The van der Waals surface area contributed by atoms with Gasteiger partial charge in [0.2, 0.25) is 5.91 Å². The third kappa shape index (κ3) is 59.3. The predicted molar refractivity (Wildman–Crippen MR) is 324 cm³/mol. The first-order chi connectivity index (χ1) is 36.5. The van der Waals surface area contributed by atoms with Crippen molar-refractivity contribution in [1.82, 2.24) is 5.32 Å². The average Bonchev–Trinajstić information content (AvgIpc) is 3.40. The second-order valence-corrected chi connectivity index (χ2v) is 22.8. The van der Waals surface area contributed by atoms with Crippen LogP contribution in [-0.2, 0) is 14.3 Å². The van der Waals surface area contributed by atoms with E-state index >= 15 is 0 Å². The third-order valence-corrected chi connectivity index (χ3v) is 15.4. The van der Waals surface area contributed by atoms with Crippen molar-refractivity contribution in [3.8, 4) is 0 Å². The SMILES string of the molecule is CCCC/C=C\C/C=C\CCCCCCCC(=O)OCCCCCCCCCCCCC/C=C\CCCCCCCCCC(=O)NC(CO)C(O)CCCCCCCCCCCCCCCCCCCCCCC. The number of carbonyl (C=O) groups excluding carboxylic acids is 2. The highest BCUT2D eigenvalue weighted by atomic mass is 16.5. The fourth-order valence-electron chi connectivity index (χ4n) is 10.3. The number of hydrogen-bond donors (Lipinski definition) is 3. The lowest BCUT2D eigenvalue weighted by molar-refractivity contribution is -0.143. The van der Waals surface area contributed by atoms with Crippen molar-refractivity contribution in [3.63, 3.8) is 0 Å². The van der Waals surface area contributed by atoms with E-state index in [1.807, 2.05) is 0 Å². The molecule has 0 aliphatic heterocycles. The highest BCUT2D eigenvalue weighted by Crippen LogP contribution is 2.18. The Balaban J connectivity index is 3.43. The van der Waals surface area contributed by atoms with Crippen molar-refractivity contribution >= 4 is 11.9 Å². The number of allylic oxidation sites excluding steroid dienone is 6. The Hall–Kier alpha value is -1.92. The lowest BCUT2D eigenvalue weighted by atomic mass is 10.0. The van der Waals surface area contributed by atoms with Crippen LogP contribution in [0.4, 0.5) is 0 Å². The number of esters is 1. The summed E-state index contributed by atoms with van der Waals surface area (Å²) in [4.78, 5) is 24.6. The van der Waals surface area contributed by atoms with E-state index < -0.39 is 12.1 Å². The number of nitrogens with one attached hydrogen (secondary N) is 1. The largest absolute Gasteiger partial charge is 0.466 e. The molecule has 0 fully saturated rings. The second-order valence-electron chi connectivity index (χ2n) is 22.8. The normalized spacial score (nSPS) is 12.8. The number of amides is 1. The first-order valence-electron chi connectivity index (χ1n) is 33.2. The predicted octanol–water partition coefficient (Wildman–Crippen LogP) is 21.1. The molecule has 0 rings (SSSR count). The molecule has 6 heteroatoms. The summed E-state index contributed by atoms with van der Waals surface area (Å²) in [6.45, 7) is 4.93.